The van der Waals surface area contributed by atoms with Crippen molar-refractivity contribution in [3.8, 4) is 10.8 Å². The Bertz CT molecular complexity index is 949. The van der Waals surface area contributed by atoms with Gasteiger partial charge < -0.3 is 14.2 Å². The number of thioether (sulfide) groups is 1. The van der Waals surface area contributed by atoms with E-state index in [4.69, 9.17) is 4.42 Å². The van der Waals surface area contributed by atoms with Gasteiger partial charge in [-0.1, -0.05) is 6.07 Å². The highest BCUT2D eigenvalue weighted by Gasteiger charge is 2.21. The SMILES string of the molecule is Cc1oc(-c2cccs2)nc1CSCC(=O)N1CCN(c2ccc(F)cc2)CC1. The number of benzene rings is 1. The van der Waals surface area contributed by atoms with Gasteiger partial charge in [0.15, 0.2) is 0 Å². The summed E-state index contributed by atoms with van der Waals surface area (Å²) >= 11 is 3.16. The summed E-state index contributed by atoms with van der Waals surface area (Å²) in [6.45, 7) is 4.80. The number of thiophene rings is 1. The molecule has 0 radical (unpaired) electrons. The predicted octanol–water partition coefficient (Wildman–Crippen LogP) is 4.43. The average molecular weight is 432 g/mol. The van der Waals surface area contributed by atoms with Gasteiger partial charge in [0.05, 0.1) is 16.3 Å². The first kappa shape index (κ1) is 20.0. The number of aromatic nitrogens is 1. The molecule has 0 unspecified atom stereocenters. The number of aryl methyl sites for hydroxylation is 1. The summed E-state index contributed by atoms with van der Waals surface area (Å²) < 4.78 is 18.8. The molecule has 0 aliphatic carbocycles. The molecule has 0 saturated carbocycles. The van der Waals surface area contributed by atoms with Crippen LogP contribution in [0.3, 0.4) is 0 Å². The monoisotopic (exact) mass is 431 g/mol. The van der Waals surface area contributed by atoms with E-state index in [1.807, 2.05) is 29.3 Å². The molecule has 0 bridgehead atoms. The Morgan fingerprint density at radius 3 is 2.66 bits per heavy atom. The van der Waals surface area contributed by atoms with E-state index < -0.39 is 0 Å². The van der Waals surface area contributed by atoms with Crippen LogP contribution in [0.5, 0.6) is 0 Å². The normalized spacial score (nSPS) is 14.4. The first-order valence-corrected chi connectivity index (χ1v) is 11.5. The Morgan fingerprint density at radius 1 is 1.21 bits per heavy atom. The van der Waals surface area contributed by atoms with Crippen molar-refractivity contribution >= 4 is 34.7 Å². The Morgan fingerprint density at radius 2 is 1.97 bits per heavy atom. The van der Waals surface area contributed by atoms with Gasteiger partial charge in [0.2, 0.25) is 11.8 Å². The number of hydrogen-bond donors (Lipinski definition) is 0. The Hall–Kier alpha value is -2.32. The standard InChI is InChI=1S/C21H22FN3O2S2/c1-15-18(23-21(27-15)19-3-2-12-29-19)13-28-14-20(26)25-10-8-24(9-11-25)17-6-4-16(22)5-7-17/h2-7,12H,8-11,13-14H2,1H3. The lowest BCUT2D eigenvalue weighted by molar-refractivity contribution is -0.128. The maximum absolute atomic E-state index is 13.1. The van der Waals surface area contributed by atoms with Crippen molar-refractivity contribution in [2.24, 2.45) is 0 Å². The predicted molar refractivity (Wildman–Crippen MR) is 116 cm³/mol. The molecule has 29 heavy (non-hydrogen) atoms. The van der Waals surface area contributed by atoms with Crippen LogP contribution in [0.2, 0.25) is 0 Å². The quantitative estimate of drug-likeness (QED) is 0.578. The smallest absolute Gasteiger partial charge is 0.236 e. The van der Waals surface area contributed by atoms with Crippen LogP contribution in [0, 0.1) is 12.7 Å². The van der Waals surface area contributed by atoms with Crippen molar-refractivity contribution in [1.29, 1.82) is 0 Å². The molecule has 1 fully saturated rings. The zero-order chi connectivity index (χ0) is 20.2. The van der Waals surface area contributed by atoms with Crippen LogP contribution in [-0.4, -0.2) is 47.7 Å². The fourth-order valence-corrected chi connectivity index (χ4v) is 4.83. The molecule has 1 aromatic carbocycles. The molecule has 0 spiro atoms. The van der Waals surface area contributed by atoms with E-state index in [-0.39, 0.29) is 11.7 Å². The number of carbonyl (C=O) groups excluding carboxylic acids is 1. The summed E-state index contributed by atoms with van der Waals surface area (Å²) in [5.74, 6) is 2.45. The van der Waals surface area contributed by atoms with Crippen molar-refractivity contribution in [3.63, 3.8) is 0 Å². The molecule has 1 aliphatic rings. The second kappa shape index (κ2) is 9.00. The van der Waals surface area contributed by atoms with Crippen LogP contribution in [0.4, 0.5) is 10.1 Å². The molecule has 3 aromatic rings. The van der Waals surface area contributed by atoms with Gasteiger partial charge in [-0.25, -0.2) is 9.37 Å². The number of nitrogens with zero attached hydrogens (tertiary/aromatic N) is 3. The van der Waals surface area contributed by atoms with E-state index in [0.29, 0.717) is 30.5 Å². The average Bonchev–Trinajstić information content (AvgIpc) is 3.39. The molecule has 152 valence electrons. The molecule has 5 nitrogen and oxygen atoms in total. The van der Waals surface area contributed by atoms with Gasteiger partial charge in [-0.3, -0.25) is 4.79 Å². The van der Waals surface area contributed by atoms with Gasteiger partial charge in [0, 0.05) is 37.6 Å². The molecular formula is C21H22FN3O2S2. The summed E-state index contributed by atoms with van der Waals surface area (Å²) in [4.78, 5) is 22.2. The highest BCUT2D eigenvalue weighted by molar-refractivity contribution is 7.99. The minimum absolute atomic E-state index is 0.147. The third kappa shape index (κ3) is 4.82. The van der Waals surface area contributed by atoms with Gasteiger partial charge in [-0.2, -0.15) is 0 Å². The number of hydrogen-bond acceptors (Lipinski definition) is 6. The number of piperazine rings is 1. The summed E-state index contributed by atoms with van der Waals surface area (Å²) in [5.41, 5.74) is 1.89. The van der Waals surface area contributed by atoms with Gasteiger partial charge in [-0.15, -0.1) is 23.1 Å². The van der Waals surface area contributed by atoms with Gasteiger partial charge in [0.1, 0.15) is 11.6 Å². The largest absolute Gasteiger partial charge is 0.440 e. The summed E-state index contributed by atoms with van der Waals surface area (Å²) in [5, 5.41) is 2.00. The van der Waals surface area contributed by atoms with Crippen molar-refractivity contribution in [2.45, 2.75) is 12.7 Å². The molecule has 1 amide bonds. The summed E-state index contributed by atoms with van der Waals surface area (Å²) in [7, 11) is 0. The van der Waals surface area contributed by atoms with Crippen LogP contribution in [0.25, 0.3) is 10.8 Å². The zero-order valence-electron chi connectivity index (χ0n) is 16.1. The molecule has 3 heterocycles. The van der Waals surface area contributed by atoms with E-state index in [9.17, 15) is 9.18 Å². The molecular weight excluding hydrogens is 409 g/mol. The van der Waals surface area contributed by atoms with Crippen molar-refractivity contribution < 1.29 is 13.6 Å². The van der Waals surface area contributed by atoms with E-state index in [1.165, 1.54) is 12.1 Å². The Kier molecular flexibility index (Phi) is 6.20. The van der Waals surface area contributed by atoms with E-state index in [0.717, 1.165) is 35.1 Å². The lowest BCUT2D eigenvalue weighted by atomic mass is 10.2. The number of amides is 1. The van der Waals surface area contributed by atoms with Gasteiger partial charge in [0.25, 0.3) is 0 Å². The summed E-state index contributed by atoms with van der Waals surface area (Å²) in [6.07, 6.45) is 0. The third-order valence-electron chi connectivity index (χ3n) is 4.91. The first-order chi connectivity index (χ1) is 14.1. The summed E-state index contributed by atoms with van der Waals surface area (Å²) in [6, 6.07) is 10.5. The molecule has 4 rings (SSSR count). The van der Waals surface area contributed by atoms with Crippen LogP contribution in [-0.2, 0) is 10.5 Å². The van der Waals surface area contributed by atoms with Crippen LogP contribution in [0.15, 0.2) is 46.2 Å². The van der Waals surface area contributed by atoms with E-state index in [1.54, 1.807) is 35.2 Å². The molecule has 8 heteroatoms. The maximum atomic E-state index is 13.1. The molecule has 2 aromatic heterocycles. The number of carbonyl (C=O) groups is 1. The Balaban J connectivity index is 1.24. The third-order valence-corrected chi connectivity index (χ3v) is 6.70. The molecule has 1 saturated heterocycles. The second-order valence-electron chi connectivity index (χ2n) is 6.84. The van der Waals surface area contributed by atoms with E-state index >= 15 is 0 Å². The minimum Gasteiger partial charge on any atom is -0.440 e. The lowest BCUT2D eigenvalue weighted by Crippen LogP contribution is -2.49. The van der Waals surface area contributed by atoms with Crippen molar-refractivity contribution in [3.05, 3.63) is 59.0 Å². The first-order valence-electron chi connectivity index (χ1n) is 9.46. The van der Waals surface area contributed by atoms with Crippen LogP contribution < -0.4 is 4.90 Å². The zero-order valence-corrected chi connectivity index (χ0v) is 17.8. The van der Waals surface area contributed by atoms with E-state index in [2.05, 4.69) is 9.88 Å². The molecule has 0 atom stereocenters. The second-order valence-corrected chi connectivity index (χ2v) is 8.77. The van der Waals surface area contributed by atoms with Crippen molar-refractivity contribution in [2.75, 3.05) is 36.8 Å². The highest BCUT2D eigenvalue weighted by Crippen LogP contribution is 2.27. The number of rotatable bonds is 6. The van der Waals surface area contributed by atoms with Crippen LogP contribution >= 0.6 is 23.1 Å². The topological polar surface area (TPSA) is 49.6 Å². The minimum atomic E-state index is -0.232. The number of halogens is 1. The van der Waals surface area contributed by atoms with Gasteiger partial charge in [-0.05, 0) is 42.6 Å². The number of anilines is 1. The Labute approximate surface area is 177 Å². The fourth-order valence-electron chi connectivity index (χ4n) is 3.26. The molecule has 1 aliphatic heterocycles. The number of oxazole rings is 1. The molecule has 0 N–H and O–H groups in total. The van der Waals surface area contributed by atoms with Crippen molar-refractivity contribution in [1.82, 2.24) is 9.88 Å². The van der Waals surface area contributed by atoms with Crippen LogP contribution in [0.1, 0.15) is 11.5 Å². The van der Waals surface area contributed by atoms with Gasteiger partial charge >= 0.3 is 0 Å². The highest BCUT2D eigenvalue weighted by atomic mass is 32.2. The maximum Gasteiger partial charge on any atom is 0.236 e. The fraction of sp³-hybridized carbons (Fsp3) is 0.333. The lowest BCUT2D eigenvalue weighted by Gasteiger charge is -2.36.